The molecule has 0 atom stereocenters. The Balaban J connectivity index is 1.91. The topological polar surface area (TPSA) is 59.4 Å². The lowest BCUT2D eigenvalue weighted by molar-refractivity contribution is -0.141. The van der Waals surface area contributed by atoms with Gasteiger partial charge in [-0.25, -0.2) is 0 Å². The molecule has 0 unspecified atom stereocenters. The van der Waals surface area contributed by atoms with Crippen LogP contribution in [0.1, 0.15) is 25.3 Å². The van der Waals surface area contributed by atoms with Crippen LogP contribution in [0.15, 0.2) is 54.6 Å². The number of benzene rings is 2. The predicted molar refractivity (Wildman–Crippen MR) is 85.7 cm³/mol. The van der Waals surface area contributed by atoms with Crippen molar-refractivity contribution in [2.45, 2.75) is 19.8 Å². The highest BCUT2D eigenvalue weighted by Gasteiger charge is 2.06. The molecule has 0 aliphatic rings. The molecule has 0 amide bonds. The second-order valence-corrected chi connectivity index (χ2v) is 4.83. The number of rotatable bonds is 7. The predicted octanol–water partition coefficient (Wildman–Crippen LogP) is 4.19. The summed E-state index contributed by atoms with van der Waals surface area (Å²) in [4.78, 5) is 11.3. The van der Waals surface area contributed by atoms with E-state index in [1.807, 2.05) is 37.3 Å². The Hall–Kier alpha value is -2.62. The van der Waals surface area contributed by atoms with Gasteiger partial charge in [-0.2, -0.15) is 0 Å². The van der Waals surface area contributed by atoms with Crippen molar-refractivity contribution in [2.75, 3.05) is 6.61 Å². The molecular weight excluding hydrogens is 278 g/mol. The molecule has 0 bridgehead atoms. The van der Waals surface area contributed by atoms with Crippen LogP contribution in [0.2, 0.25) is 0 Å². The summed E-state index contributed by atoms with van der Waals surface area (Å²) in [7, 11) is 0. The number of ether oxygens (including phenoxy) is 2. The number of esters is 1. The van der Waals surface area contributed by atoms with Crippen LogP contribution in [0.4, 0.5) is 0 Å². The third-order valence-corrected chi connectivity index (χ3v) is 3.01. The molecule has 0 saturated carbocycles. The Morgan fingerprint density at radius 3 is 2.27 bits per heavy atom. The lowest BCUT2D eigenvalue weighted by Crippen LogP contribution is -2.13. The van der Waals surface area contributed by atoms with E-state index < -0.39 is 0 Å². The summed E-state index contributed by atoms with van der Waals surface area (Å²) < 4.78 is 10.7. The van der Waals surface area contributed by atoms with E-state index in [1.54, 1.807) is 24.3 Å². The van der Waals surface area contributed by atoms with E-state index in [0.29, 0.717) is 17.7 Å². The molecule has 0 heterocycles. The third kappa shape index (κ3) is 4.74. The smallest absolute Gasteiger partial charge is 0.306 e. The number of carbonyl (C=O) groups is 1. The molecule has 22 heavy (non-hydrogen) atoms. The van der Waals surface area contributed by atoms with Crippen molar-refractivity contribution in [2.24, 2.45) is 0 Å². The molecule has 0 saturated heterocycles. The molecule has 0 aromatic heterocycles. The van der Waals surface area contributed by atoms with Gasteiger partial charge in [-0.3, -0.25) is 4.79 Å². The third-order valence-electron chi connectivity index (χ3n) is 3.01. The Kier molecular flexibility index (Phi) is 5.72. The van der Waals surface area contributed by atoms with E-state index in [0.717, 1.165) is 12.2 Å². The van der Waals surface area contributed by atoms with Gasteiger partial charge < -0.3 is 14.9 Å². The van der Waals surface area contributed by atoms with Crippen LogP contribution in [0.25, 0.3) is 0 Å². The zero-order valence-electron chi connectivity index (χ0n) is 12.5. The van der Waals surface area contributed by atoms with Crippen molar-refractivity contribution in [3.63, 3.8) is 0 Å². The van der Waals surface area contributed by atoms with Crippen LogP contribution in [0, 0.1) is 5.41 Å². The van der Waals surface area contributed by atoms with Gasteiger partial charge in [0.2, 0.25) is 0 Å². The zero-order valence-corrected chi connectivity index (χ0v) is 12.5. The normalized spacial score (nSPS) is 10.0. The lowest BCUT2D eigenvalue weighted by Gasteiger charge is -2.08. The highest BCUT2D eigenvalue weighted by atomic mass is 16.5. The highest BCUT2D eigenvalue weighted by Crippen LogP contribution is 2.21. The minimum Gasteiger partial charge on any atom is -0.459 e. The van der Waals surface area contributed by atoms with Crippen molar-refractivity contribution in [3.8, 4) is 11.5 Å². The van der Waals surface area contributed by atoms with Gasteiger partial charge in [0, 0.05) is 6.42 Å². The van der Waals surface area contributed by atoms with Crippen molar-refractivity contribution in [1.82, 2.24) is 0 Å². The summed E-state index contributed by atoms with van der Waals surface area (Å²) in [5, 5.41) is 7.93. The summed E-state index contributed by atoms with van der Waals surface area (Å²) in [6.45, 7) is 1.91. The average Bonchev–Trinajstić information content (AvgIpc) is 2.54. The van der Waals surface area contributed by atoms with Gasteiger partial charge in [0.15, 0.2) is 0 Å². The summed E-state index contributed by atoms with van der Waals surface area (Å²) >= 11 is 0. The van der Waals surface area contributed by atoms with E-state index in [1.165, 1.54) is 0 Å². The summed E-state index contributed by atoms with van der Waals surface area (Å²) in [6.07, 6.45) is 1.13. The maximum Gasteiger partial charge on any atom is 0.306 e. The SMILES string of the molecule is CCCC(=O)OCC(=N)c1ccc(Oc2ccccc2)cc1. The van der Waals surface area contributed by atoms with E-state index in [9.17, 15) is 4.79 Å². The fraction of sp³-hybridized carbons (Fsp3) is 0.222. The van der Waals surface area contributed by atoms with Gasteiger partial charge in [-0.05, 0) is 48.4 Å². The number of hydrogen-bond acceptors (Lipinski definition) is 4. The van der Waals surface area contributed by atoms with Crippen LogP contribution >= 0.6 is 0 Å². The molecule has 4 heteroatoms. The Morgan fingerprint density at radius 2 is 1.64 bits per heavy atom. The standard InChI is InChI=1S/C18H19NO3/c1-2-6-18(20)21-13-17(19)14-9-11-16(12-10-14)22-15-7-4-3-5-8-15/h3-5,7-12,19H,2,6,13H2,1H3. The Labute approximate surface area is 130 Å². The van der Waals surface area contributed by atoms with Crippen LogP contribution in [0.5, 0.6) is 11.5 Å². The van der Waals surface area contributed by atoms with E-state index in [4.69, 9.17) is 14.9 Å². The minimum atomic E-state index is -0.267. The maximum atomic E-state index is 11.3. The monoisotopic (exact) mass is 297 g/mol. The lowest BCUT2D eigenvalue weighted by atomic mass is 10.1. The van der Waals surface area contributed by atoms with Gasteiger partial charge >= 0.3 is 5.97 Å². The second kappa shape index (κ2) is 7.98. The maximum absolute atomic E-state index is 11.3. The molecule has 0 aliphatic carbocycles. The first-order valence-corrected chi connectivity index (χ1v) is 7.25. The summed E-state index contributed by atoms with van der Waals surface area (Å²) in [6, 6.07) is 16.7. The van der Waals surface area contributed by atoms with Gasteiger partial charge in [0.05, 0.1) is 5.71 Å². The quantitative estimate of drug-likeness (QED) is 0.615. The molecule has 0 fully saturated rings. The fourth-order valence-electron chi connectivity index (χ4n) is 1.86. The molecule has 1 N–H and O–H groups in total. The highest BCUT2D eigenvalue weighted by molar-refractivity contribution is 6.00. The van der Waals surface area contributed by atoms with Gasteiger partial charge in [0.1, 0.15) is 18.1 Å². The Bertz CT molecular complexity index is 621. The van der Waals surface area contributed by atoms with Gasteiger partial charge in [-0.15, -0.1) is 0 Å². The number of para-hydroxylation sites is 1. The number of hydrogen-bond donors (Lipinski definition) is 1. The van der Waals surface area contributed by atoms with Crippen LogP contribution in [0.3, 0.4) is 0 Å². The number of nitrogens with one attached hydrogen (secondary N) is 1. The molecule has 114 valence electrons. The minimum absolute atomic E-state index is 0.00226. The molecule has 4 nitrogen and oxygen atoms in total. The molecule has 0 spiro atoms. The van der Waals surface area contributed by atoms with Gasteiger partial charge in [0.25, 0.3) is 0 Å². The Morgan fingerprint density at radius 1 is 1.00 bits per heavy atom. The van der Waals surface area contributed by atoms with E-state index in [-0.39, 0.29) is 18.3 Å². The van der Waals surface area contributed by atoms with Crippen molar-refractivity contribution in [1.29, 1.82) is 5.41 Å². The van der Waals surface area contributed by atoms with E-state index >= 15 is 0 Å². The zero-order chi connectivity index (χ0) is 15.8. The molecule has 0 radical (unpaired) electrons. The summed E-state index contributed by atoms with van der Waals surface area (Å²) in [5.74, 6) is 1.20. The first-order chi connectivity index (χ1) is 10.7. The largest absolute Gasteiger partial charge is 0.459 e. The molecule has 0 aliphatic heterocycles. The molecular formula is C18H19NO3. The first-order valence-electron chi connectivity index (χ1n) is 7.25. The number of carbonyl (C=O) groups excluding carboxylic acids is 1. The van der Waals surface area contributed by atoms with Crippen LogP contribution < -0.4 is 4.74 Å². The van der Waals surface area contributed by atoms with Crippen molar-refractivity contribution < 1.29 is 14.3 Å². The van der Waals surface area contributed by atoms with E-state index in [2.05, 4.69) is 0 Å². The van der Waals surface area contributed by atoms with Crippen molar-refractivity contribution in [3.05, 3.63) is 60.2 Å². The summed E-state index contributed by atoms with van der Waals surface area (Å²) in [5.41, 5.74) is 0.987. The molecule has 2 aromatic carbocycles. The van der Waals surface area contributed by atoms with Gasteiger partial charge in [-0.1, -0.05) is 25.1 Å². The average molecular weight is 297 g/mol. The van der Waals surface area contributed by atoms with Crippen LogP contribution in [-0.2, 0) is 9.53 Å². The fourth-order valence-corrected chi connectivity index (χ4v) is 1.86. The molecule has 2 rings (SSSR count). The second-order valence-electron chi connectivity index (χ2n) is 4.83. The van der Waals surface area contributed by atoms with Crippen LogP contribution in [-0.4, -0.2) is 18.3 Å². The van der Waals surface area contributed by atoms with Crippen molar-refractivity contribution >= 4 is 11.7 Å². The molecule has 2 aromatic rings. The first kappa shape index (κ1) is 15.8.